The van der Waals surface area contributed by atoms with Crippen molar-refractivity contribution < 1.29 is 24.2 Å². The number of carbonyl (C=O) groups excluding carboxylic acids is 2. The zero-order valence-corrected chi connectivity index (χ0v) is 25.4. The molecule has 1 aliphatic rings. The van der Waals surface area contributed by atoms with Crippen molar-refractivity contribution in [2.24, 2.45) is 0 Å². The van der Waals surface area contributed by atoms with Gasteiger partial charge in [-0.1, -0.05) is 72.0 Å². The fourth-order valence-electron chi connectivity index (χ4n) is 4.30. The zero-order chi connectivity index (χ0) is 28.9. The largest absolute Gasteiger partial charge is 0.503 e. The fourth-order valence-corrected chi connectivity index (χ4v) is 7.13. The van der Waals surface area contributed by atoms with Gasteiger partial charge in [-0.2, -0.15) is 0 Å². The average molecular weight is 628 g/mol. The van der Waals surface area contributed by atoms with E-state index < -0.39 is 23.5 Å². The van der Waals surface area contributed by atoms with Crippen molar-refractivity contribution in [1.29, 1.82) is 0 Å². The van der Waals surface area contributed by atoms with Crippen molar-refractivity contribution in [2.45, 2.75) is 36.4 Å². The van der Waals surface area contributed by atoms with E-state index in [9.17, 15) is 14.7 Å². The van der Waals surface area contributed by atoms with E-state index in [1.165, 1.54) is 39.3 Å². The summed E-state index contributed by atoms with van der Waals surface area (Å²) in [6.07, 6.45) is 0.822. The Hall–Kier alpha value is -3.38. The molecular formula is C29H26ClN3O5S3. The molecule has 212 valence electrons. The van der Waals surface area contributed by atoms with E-state index in [0.717, 1.165) is 12.0 Å². The Labute approximate surface area is 254 Å². The highest BCUT2D eigenvalue weighted by molar-refractivity contribution is 8.00. The van der Waals surface area contributed by atoms with E-state index in [-0.39, 0.29) is 10.7 Å². The fraction of sp³-hybridized carbons (Fsp3) is 0.241. The molecule has 0 saturated heterocycles. The summed E-state index contributed by atoms with van der Waals surface area (Å²) in [6, 6.07) is 15.3. The summed E-state index contributed by atoms with van der Waals surface area (Å²) in [5.41, 5.74) is 1.49. The number of ketones is 1. The summed E-state index contributed by atoms with van der Waals surface area (Å²) in [4.78, 5) is 28.9. The van der Waals surface area contributed by atoms with Crippen molar-refractivity contribution in [3.63, 3.8) is 0 Å². The van der Waals surface area contributed by atoms with Crippen LogP contribution in [0.25, 0.3) is 0 Å². The number of hydrogen-bond acceptors (Lipinski definition) is 10. The summed E-state index contributed by atoms with van der Waals surface area (Å²) >= 11 is 10.2. The first-order chi connectivity index (χ1) is 19.9. The Kier molecular flexibility index (Phi) is 9.29. The molecule has 0 fully saturated rings. The summed E-state index contributed by atoms with van der Waals surface area (Å²) < 4.78 is 12.3. The van der Waals surface area contributed by atoms with Crippen LogP contribution in [-0.2, 0) is 10.5 Å². The number of Topliss-reactive ketones (excluding diaryl/α,β-unsaturated/α-hetero) is 1. The lowest BCUT2D eigenvalue weighted by atomic mass is 9.95. The third kappa shape index (κ3) is 6.13. The number of thiophene rings is 1. The van der Waals surface area contributed by atoms with Gasteiger partial charge in [0.2, 0.25) is 10.9 Å². The SMILES string of the molecule is CCCOc1ccc(C2C(C(=O)c3cccs3)=C(O)C(=O)N2c2nnc(SCc3ccccc3Cl)s2)cc1OCC. The molecule has 2 aromatic carbocycles. The Morgan fingerprint density at radius 3 is 2.66 bits per heavy atom. The van der Waals surface area contributed by atoms with Crippen molar-refractivity contribution in [2.75, 3.05) is 18.1 Å². The number of ether oxygens (including phenoxy) is 2. The molecule has 1 unspecified atom stereocenters. The van der Waals surface area contributed by atoms with Gasteiger partial charge >= 0.3 is 0 Å². The number of hydrogen-bond donors (Lipinski definition) is 1. The molecule has 3 heterocycles. The number of benzene rings is 2. The minimum Gasteiger partial charge on any atom is -0.503 e. The normalized spacial score (nSPS) is 15.0. The van der Waals surface area contributed by atoms with Crippen LogP contribution in [0.5, 0.6) is 11.5 Å². The molecule has 1 N–H and O–H groups in total. The second-order valence-electron chi connectivity index (χ2n) is 8.86. The monoisotopic (exact) mass is 627 g/mol. The predicted molar refractivity (Wildman–Crippen MR) is 163 cm³/mol. The van der Waals surface area contributed by atoms with Gasteiger partial charge < -0.3 is 14.6 Å². The highest BCUT2D eigenvalue weighted by atomic mass is 35.5. The summed E-state index contributed by atoms with van der Waals surface area (Å²) in [5, 5.41) is 22.3. The molecule has 41 heavy (non-hydrogen) atoms. The zero-order valence-electron chi connectivity index (χ0n) is 22.2. The van der Waals surface area contributed by atoms with Crippen LogP contribution in [0.2, 0.25) is 5.02 Å². The van der Waals surface area contributed by atoms with Gasteiger partial charge in [-0.15, -0.1) is 21.5 Å². The van der Waals surface area contributed by atoms with Crippen molar-refractivity contribution in [3.8, 4) is 11.5 Å². The number of aromatic nitrogens is 2. The van der Waals surface area contributed by atoms with Crippen LogP contribution in [0, 0.1) is 0 Å². The number of carbonyl (C=O) groups is 2. The van der Waals surface area contributed by atoms with E-state index in [0.29, 0.717) is 50.3 Å². The molecule has 8 nitrogen and oxygen atoms in total. The van der Waals surface area contributed by atoms with Crippen LogP contribution < -0.4 is 14.4 Å². The molecule has 0 saturated carbocycles. The quantitative estimate of drug-likeness (QED) is 0.0978. The second-order valence-corrected chi connectivity index (χ2v) is 12.4. The molecule has 0 aliphatic carbocycles. The molecule has 0 radical (unpaired) electrons. The summed E-state index contributed by atoms with van der Waals surface area (Å²) in [5.74, 6) is -0.166. The third-order valence-corrected chi connectivity index (χ3v) is 9.50. The van der Waals surface area contributed by atoms with Crippen LogP contribution in [-0.4, -0.2) is 40.2 Å². The minimum atomic E-state index is -0.953. The van der Waals surface area contributed by atoms with E-state index in [1.54, 1.807) is 35.7 Å². The minimum absolute atomic E-state index is 0.0254. The van der Waals surface area contributed by atoms with Gasteiger partial charge in [-0.05, 0) is 54.1 Å². The first kappa shape index (κ1) is 29.1. The van der Waals surface area contributed by atoms with Crippen molar-refractivity contribution in [1.82, 2.24) is 10.2 Å². The van der Waals surface area contributed by atoms with E-state index >= 15 is 0 Å². The molecule has 2 aromatic heterocycles. The number of anilines is 1. The van der Waals surface area contributed by atoms with Crippen LogP contribution in [0.1, 0.15) is 47.1 Å². The third-order valence-electron chi connectivity index (χ3n) is 6.15. The number of nitrogens with zero attached hydrogens (tertiary/aromatic N) is 3. The lowest BCUT2D eigenvalue weighted by Crippen LogP contribution is -2.31. The van der Waals surface area contributed by atoms with E-state index in [2.05, 4.69) is 10.2 Å². The number of amides is 1. The summed E-state index contributed by atoms with van der Waals surface area (Å²) in [7, 11) is 0. The smallest absolute Gasteiger partial charge is 0.296 e. The van der Waals surface area contributed by atoms with Crippen molar-refractivity contribution in [3.05, 3.63) is 92.3 Å². The van der Waals surface area contributed by atoms with Gasteiger partial charge in [0.1, 0.15) is 0 Å². The average Bonchev–Trinajstić information content (AvgIpc) is 3.73. The Bertz CT molecular complexity index is 1590. The first-order valence-corrected chi connectivity index (χ1v) is 15.9. The number of aliphatic hydroxyl groups excluding tert-OH is 1. The van der Waals surface area contributed by atoms with Crippen LogP contribution in [0.4, 0.5) is 5.13 Å². The Morgan fingerprint density at radius 1 is 1.10 bits per heavy atom. The van der Waals surface area contributed by atoms with Crippen molar-refractivity contribution >= 4 is 62.9 Å². The number of rotatable bonds is 12. The van der Waals surface area contributed by atoms with E-state index in [1.807, 2.05) is 38.1 Å². The van der Waals surface area contributed by atoms with Gasteiger partial charge in [-0.3, -0.25) is 14.5 Å². The molecular weight excluding hydrogens is 602 g/mol. The van der Waals surface area contributed by atoms with Crippen LogP contribution >= 0.6 is 46.0 Å². The molecule has 5 rings (SSSR count). The standard InChI is InChI=1S/C29H26ClN3O5S3/c1-3-13-38-20-12-11-17(15-21(20)37-4-2)24-23(25(34)22-10-7-14-39-22)26(35)27(36)33(24)28-31-32-29(41-28)40-16-18-8-5-6-9-19(18)30/h5-12,14-15,24,35H,3-4,13,16H2,1-2H3. The highest BCUT2D eigenvalue weighted by Crippen LogP contribution is 2.46. The van der Waals surface area contributed by atoms with Crippen LogP contribution in [0.15, 0.2) is 75.6 Å². The molecule has 1 amide bonds. The number of thioether (sulfide) groups is 1. The lowest BCUT2D eigenvalue weighted by molar-refractivity contribution is -0.117. The lowest BCUT2D eigenvalue weighted by Gasteiger charge is -2.25. The molecule has 0 bridgehead atoms. The molecule has 4 aromatic rings. The maximum Gasteiger partial charge on any atom is 0.296 e. The maximum atomic E-state index is 13.6. The van der Waals surface area contributed by atoms with Gasteiger partial charge in [0.15, 0.2) is 21.6 Å². The molecule has 12 heteroatoms. The predicted octanol–water partition coefficient (Wildman–Crippen LogP) is 7.52. The second kappa shape index (κ2) is 13.1. The highest BCUT2D eigenvalue weighted by Gasteiger charge is 2.46. The first-order valence-electron chi connectivity index (χ1n) is 12.9. The van der Waals surface area contributed by atoms with Gasteiger partial charge in [0.05, 0.1) is 29.7 Å². The number of aliphatic hydroxyl groups is 1. The molecule has 1 aliphatic heterocycles. The Balaban J connectivity index is 1.53. The number of halogens is 1. The Morgan fingerprint density at radius 2 is 1.93 bits per heavy atom. The van der Waals surface area contributed by atoms with Gasteiger partial charge in [0, 0.05) is 10.8 Å². The maximum absolute atomic E-state index is 13.6. The summed E-state index contributed by atoms with van der Waals surface area (Å²) in [6.45, 7) is 4.78. The topological polar surface area (TPSA) is 102 Å². The van der Waals surface area contributed by atoms with Crippen LogP contribution in [0.3, 0.4) is 0 Å². The van der Waals surface area contributed by atoms with E-state index in [4.69, 9.17) is 21.1 Å². The van der Waals surface area contributed by atoms with Gasteiger partial charge in [0.25, 0.3) is 5.91 Å². The molecule has 0 spiro atoms. The molecule has 1 atom stereocenters. The van der Waals surface area contributed by atoms with Gasteiger partial charge in [-0.25, -0.2) is 0 Å².